The minimum absolute atomic E-state index is 0.433. The largest absolute Gasteiger partial charge is 0.228 e. The maximum atomic E-state index is 5.27. The van der Waals surface area contributed by atoms with Gasteiger partial charge in [-0.05, 0) is 71.3 Å². The molecule has 3 fully saturated rings. The van der Waals surface area contributed by atoms with Gasteiger partial charge < -0.3 is 0 Å². The fourth-order valence-electron chi connectivity index (χ4n) is 9.86. The third kappa shape index (κ3) is 5.43. The number of rotatable bonds is 8. The van der Waals surface area contributed by atoms with Crippen molar-refractivity contribution in [2.75, 3.05) is 0 Å². The molecule has 6 aromatic carbocycles. The van der Waals surface area contributed by atoms with Gasteiger partial charge in [-0.15, -0.1) is 0 Å². The zero-order valence-electron chi connectivity index (χ0n) is 30.4. The van der Waals surface area contributed by atoms with Gasteiger partial charge in [-0.1, -0.05) is 164 Å². The molecule has 2 aromatic heterocycles. The SMILES string of the molecule is c1ccc(-c2cc(-c3ccccc3)nc(-c3ccc(-c4cc(-c5ccccc5-c5ccccc5)nc(-c5ccc(C67CC8CC(C6)C87)cc5)n4)cc3)n2)cc1. The molecule has 0 saturated heterocycles. The molecule has 0 N–H and O–H groups in total. The van der Waals surface area contributed by atoms with Crippen LogP contribution in [0, 0.1) is 17.8 Å². The summed E-state index contributed by atoms with van der Waals surface area (Å²) in [4.78, 5) is 20.6. The van der Waals surface area contributed by atoms with Gasteiger partial charge in [-0.2, -0.15) is 0 Å². The van der Waals surface area contributed by atoms with E-state index in [1.165, 1.54) is 24.8 Å². The molecule has 3 aliphatic rings. The number of hydrogen-bond donors (Lipinski definition) is 0. The molecule has 3 saturated carbocycles. The lowest BCUT2D eigenvalue weighted by Crippen LogP contribution is -2.71. The molecule has 3 aliphatic carbocycles. The third-order valence-electron chi connectivity index (χ3n) is 12.5. The Morgan fingerprint density at radius 3 is 1.27 bits per heavy atom. The predicted molar refractivity (Wildman–Crippen MR) is 222 cm³/mol. The number of hydrogen-bond acceptors (Lipinski definition) is 4. The van der Waals surface area contributed by atoms with Crippen molar-refractivity contribution >= 4 is 0 Å². The van der Waals surface area contributed by atoms with Gasteiger partial charge in [0.15, 0.2) is 11.6 Å². The van der Waals surface area contributed by atoms with Gasteiger partial charge in [-0.3, -0.25) is 0 Å². The van der Waals surface area contributed by atoms with E-state index in [1.807, 2.05) is 36.4 Å². The van der Waals surface area contributed by atoms with Crippen molar-refractivity contribution in [3.63, 3.8) is 0 Å². The molecular weight excluding hydrogens is 669 g/mol. The Morgan fingerprint density at radius 2 is 0.764 bits per heavy atom. The highest BCUT2D eigenvalue weighted by Gasteiger charge is 2.71. The van der Waals surface area contributed by atoms with Crippen LogP contribution in [0.2, 0.25) is 0 Å². The number of benzene rings is 6. The van der Waals surface area contributed by atoms with Crippen LogP contribution >= 0.6 is 0 Å². The molecule has 8 aromatic rings. The summed E-state index contributed by atoms with van der Waals surface area (Å²) >= 11 is 0. The molecule has 0 spiro atoms. The van der Waals surface area contributed by atoms with E-state index < -0.39 is 0 Å². The fourth-order valence-corrected chi connectivity index (χ4v) is 9.86. The highest BCUT2D eigenvalue weighted by atomic mass is 14.9. The van der Waals surface area contributed by atoms with E-state index in [0.29, 0.717) is 11.2 Å². The minimum Gasteiger partial charge on any atom is -0.228 e. The predicted octanol–water partition coefficient (Wildman–Crippen LogP) is 12.2. The molecule has 2 atom stereocenters. The summed E-state index contributed by atoms with van der Waals surface area (Å²) in [6.45, 7) is 0. The minimum atomic E-state index is 0.433. The first-order valence-corrected chi connectivity index (χ1v) is 19.4. The van der Waals surface area contributed by atoms with Gasteiger partial charge in [0.1, 0.15) is 0 Å². The molecule has 0 amide bonds. The van der Waals surface area contributed by atoms with E-state index in [9.17, 15) is 0 Å². The van der Waals surface area contributed by atoms with E-state index in [4.69, 9.17) is 19.9 Å². The van der Waals surface area contributed by atoms with Crippen LogP contribution in [-0.4, -0.2) is 19.9 Å². The standard InChI is InChI=1S/C51H38N4/c1-4-12-33(13-5-1)42-18-10-11-19-43(42)47-30-46(54-50(55-47)38-24-26-41(27-25-38)51-31-39-28-40(32-51)48(39)51)36-20-22-37(23-21-36)49-52-44(34-14-6-2-7-15-34)29-45(53-49)35-16-8-3-9-17-35/h1-27,29-30,39-40,48H,28,31-32H2. The van der Waals surface area contributed by atoms with Crippen molar-refractivity contribution < 1.29 is 0 Å². The first-order valence-electron chi connectivity index (χ1n) is 19.4. The average Bonchev–Trinajstić information content (AvgIpc) is 3.27. The molecule has 0 bridgehead atoms. The second-order valence-corrected chi connectivity index (χ2v) is 15.6. The summed E-state index contributed by atoms with van der Waals surface area (Å²) in [6.07, 6.45) is 4.19. The Labute approximate surface area is 321 Å². The van der Waals surface area contributed by atoms with E-state index in [2.05, 4.69) is 140 Å². The first kappa shape index (κ1) is 32.0. The van der Waals surface area contributed by atoms with E-state index in [-0.39, 0.29) is 0 Å². The molecular formula is C51H38N4. The highest BCUT2D eigenvalue weighted by molar-refractivity contribution is 5.84. The molecule has 262 valence electrons. The summed E-state index contributed by atoms with van der Waals surface area (Å²) in [7, 11) is 0. The van der Waals surface area contributed by atoms with Crippen LogP contribution < -0.4 is 0 Å². The molecule has 4 heteroatoms. The van der Waals surface area contributed by atoms with Gasteiger partial charge in [0.2, 0.25) is 0 Å². The zero-order chi connectivity index (χ0) is 36.3. The summed E-state index contributed by atoms with van der Waals surface area (Å²) in [6, 6.07) is 61.6. The van der Waals surface area contributed by atoms with Crippen LogP contribution in [0.3, 0.4) is 0 Å². The van der Waals surface area contributed by atoms with Gasteiger partial charge in [0.25, 0.3) is 0 Å². The lowest BCUT2D eigenvalue weighted by molar-refractivity contribution is -0.219. The van der Waals surface area contributed by atoms with Crippen LogP contribution in [0.5, 0.6) is 0 Å². The maximum absolute atomic E-state index is 5.27. The van der Waals surface area contributed by atoms with Gasteiger partial charge >= 0.3 is 0 Å². The summed E-state index contributed by atoms with van der Waals surface area (Å²) in [5.74, 6) is 4.30. The lowest BCUT2D eigenvalue weighted by Gasteiger charge is -2.76. The normalized spacial score (nSPS) is 20.4. The smallest absolute Gasteiger partial charge is 0.160 e. The number of nitrogens with zero attached hydrogens (tertiary/aromatic N) is 4. The quantitative estimate of drug-likeness (QED) is 0.158. The van der Waals surface area contributed by atoms with Crippen molar-refractivity contribution in [1.82, 2.24) is 19.9 Å². The van der Waals surface area contributed by atoms with Gasteiger partial charge in [0.05, 0.1) is 22.8 Å². The van der Waals surface area contributed by atoms with Gasteiger partial charge in [0, 0.05) is 33.4 Å². The highest BCUT2D eigenvalue weighted by Crippen LogP contribution is 2.77. The Bertz CT molecular complexity index is 2600. The molecule has 2 heterocycles. The fraction of sp³-hybridized carbons (Fsp3) is 0.137. The van der Waals surface area contributed by atoms with E-state index in [1.54, 1.807) is 0 Å². The summed E-state index contributed by atoms with van der Waals surface area (Å²) in [5, 5.41) is 0. The van der Waals surface area contributed by atoms with Crippen molar-refractivity contribution in [2.45, 2.75) is 24.7 Å². The van der Waals surface area contributed by atoms with Crippen molar-refractivity contribution in [1.29, 1.82) is 0 Å². The maximum Gasteiger partial charge on any atom is 0.160 e. The summed E-state index contributed by atoms with van der Waals surface area (Å²) < 4.78 is 0. The van der Waals surface area contributed by atoms with E-state index in [0.717, 1.165) is 90.9 Å². The summed E-state index contributed by atoms with van der Waals surface area (Å²) in [5.41, 5.74) is 14.0. The first-order chi connectivity index (χ1) is 27.2. The zero-order valence-corrected chi connectivity index (χ0v) is 30.4. The molecule has 0 radical (unpaired) electrons. The molecule has 11 rings (SSSR count). The Hall–Kier alpha value is -6.52. The topological polar surface area (TPSA) is 51.6 Å². The van der Waals surface area contributed by atoms with E-state index >= 15 is 0 Å². The molecule has 55 heavy (non-hydrogen) atoms. The van der Waals surface area contributed by atoms with Gasteiger partial charge in [-0.25, -0.2) is 19.9 Å². The second-order valence-electron chi connectivity index (χ2n) is 15.6. The lowest BCUT2D eigenvalue weighted by atomic mass is 9.28. The van der Waals surface area contributed by atoms with Crippen molar-refractivity contribution in [3.8, 4) is 78.9 Å². The average molecular weight is 707 g/mol. The Kier molecular flexibility index (Phi) is 7.44. The number of aromatic nitrogens is 4. The van der Waals surface area contributed by atoms with Crippen LogP contribution in [0.1, 0.15) is 24.8 Å². The Morgan fingerprint density at radius 1 is 0.364 bits per heavy atom. The monoisotopic (exact) mass is 706 g/mol. The van der Waals surface area contributed by atoms with Crippen molar-refractivity contribution in [2.24, 2.45) is 17.8 Å². The molecule has 2 unspecified atom stereocenters. The van der Waals surface area contributed by atoms with Crippen LogP contribution in [0.25, 0.3) is 78.9 Å². The Balaban J connectivity index is 0.997. The van der Waals surface area contributed by atoms with Crippen LogP contribution in [0.4, 0.5) is 0 Å². The molecule has 4 nitrogen and oxygen atoms in total. The van der Waals surface area contributed by atoms with Crippen LogP contribution in [-0.2, 0) is 5.41 Å². The molecule has 0 aliphatic heterocycles. The van der Waals surface area contributed by atoms with Crippen molar-refractivity contribution in [3.05, 3.63) is 181 Å². The second kappa shape index (κ2) is 12.8. The third-order valence-corrected chi connectivity index (χ3v) is 12.5. The van der Waals surface area contributed by atoms with Crippen LogP contribution in [0.15, 0.2) is 176 Å².